The van der Waals surface area contributed by atoms with Gasteiger partial charge >= 0.3 is 5.97 Å². The van der Waals surface area contributed by atoms with Gasteiger partial charge in [0, 0.05) is 17.7 Å². The second-order valence-corrected chi connectivity index (χ2v) is 11.6. The number of fused-ring (bicyclic) bond motifs is 1. The Morgan fingerprint density at radius 3 is 2.68 bits per heavy atom. The number of hydrogen-bond acceptors (Lipinski definition) is 8. The molecule has 2 N–H and O–H groups in total. The van der Waals surface area contributed by atoms with Crippen LogP contribution in [0, 0.1) is 5.82 Å². The minimum atomic E-state index is -1.24. The Balaban J connectivity index is 1.14. The molecule has 0 spiro atoms. The van der Waals surface area contributed by atoms with E-state index in [1.807, 2.05) is 0 Å². The molecule has 3 heterocycles. The minimum absolute atomic E-state index is 0.0695. The number of thiazole rings is 1. The van der Waals surface area contributed by atoms with Gasteiger partial charge in [0.05, 0.1) is 50.5 Å². The van der Waals surface area contributed by atoms with Gasteiger partial charge in [-0.2, -0.15) is 0 Å². The highest BCUT2D eigenvalue weighted by Gasteiger charge is 2.38. The molecule has 0 saturated heterocycles. The summed E-state index contributed by atoms with van der Waals surface area (Å²) >= 11 is 14.2. The van der Waals surface area contributed by atoms with Crippen LogP contribution in [-0.4, -0.2) is 37.4 Å². The van der Waals surface area contributed by atoms with Gasteiger partial charge < -0.3 is 19.5 Å². The first-order chi connectivity index (χ1) is 18.2. The van der Waals surface area contributed by atoms with Crippen molar-refractivity contribution in [3.63, 3.8) is 0 Å². The van der Waals surface area contributed by atoms with E-state index in [9.17, 15) is 19.4 Å². The maximum Gasteiger partial charge on any atom is 0.335 e. The van der Waals surface area contributed by atoms with Crippen molar-refractivity contribution < 1.29 is 28.7 Å². The molecule has 2 fully saturated rings. The fourth-order valence-electron chi connectivity index (χ4n) is 4.87. The van der Waals surface area contributed by atoms with Gasteiger partial charge in [-0.05, 0) is 50.7 Å². The van der Waals surface area contributed by atoms with Crippen LogP contribution in [0.5, 0.6) is 0 Å². The molecule has 2 aliphatic carbocycles. The van der Waals surface area contributed by atoms with Crippen LogP contribution < -0.4 is 0 Å². The van der Waals surface area contributed by atoms with Crippen LogP contribution in [0.25, 0.3) is 21.5 Å². The third kappa shape index (κ3) is 4.69. The van der Waals surface area contributed by atoms with E-state index in [-0.39, 0.29) is 23.8 Å². The summed E-state index contributed by atoms with van der Waals surface area (Å²) in [5.41, 5.74) is 0.765. The Labute approximate surface area is 230 Å². The average molecular weight is 578 g/mol. The molecule has 0 atom stereocenters. The standard InChI is InChI=1S/C26H22Cl2FN3O5S/c27-16-10-30-21(12-1-2-12)20(28)19(16)23-14(9-31-37-23)11-36-15-3-5-26(35,6-4-15)25-32-22-17(29)7-13(24(33)34)8-18(22)38-25/h7-10,12,15,35H,1-6,11H2,(H,33,34). The van der Waals surface area contributed by atoms with Gasteiger partial charge in [-0.15, -0.1) is 11.3 Å². The number of benzene rings is 1. The Hall–Kier alpha value is -2.63. The first kappa shape index (κ1) is 25.6. The van der Waals surface area contributed by atoms with Gasteiger partial charge in [-0.3, -0.25) is 4.98 Å². The molecule has 0 radical (unpaired) electrons. The highest BCUT2D eigenvalue weighted by Crippen LogP contribution is 2.47. The minimum Gasteiger partial charge on any atom is -0.478 e. The zero-order chi connectivity index (χ0) is 26.6. The molecule has 6 rings (SSSR count). The van der Waals surface area contributed by atoms with Crippen molar-refractivity contribution >= 4 is 50.7 Å². The molecule has 2 aliphatic rings. The van der Waals surface area contributed by atoms with E-state index < -0.39 is 17.4 Å². The topological polar surface area (TPSA) is 119 Å². The number of carbonyl (C=O) groups is 1. The summed E-state index contributed by atoms with van der Waals surface area (Å²) in [7, 11) is 0. The van der Waals surface area contributed by atoms with Crippen LogP contribution in [0.15, 0.2) is 29.0 Å². The number of rotatable bonds is 7. The summed E-state index contributed by atoms with van der Waals surface area (Å²) < 4.78 is 26.5. The molecule has 0 unspecified atom stereocenters. The monoisotopic (exact) mass is 577 g/mol. The van der Waals surface area contributed by atoms with Crippen LogP contribution in [0.4, 0.5) is 4.39 Å². The van der Waals surface area contributed by atoms with Gasteiger partial charge in [0.2, 0.25) is 0 Å². The number of aromatic carboxylic acids is 1. The Bertz CT molecular complexity index is 1550. The van der Waals surface area contributed by atoms with Crippen molar-refractivity contribution in [2.24, 2.45) is 0 Å². The number of pyridine rings is 1. The molecule has 0 amide bonds. The fraction of sp³-hybridized carbons (Fsp3) is 0.385. The third-order valence-electron chi connectivity index (χ3n) is 7.16. The number of halogens is 3. The van der Waals surface area contributed by atoms with E-state index in [4.69, 9.17) is 32.5 Å². The second kappa shape index (κ2) is 9.84. The van der Waals surface area contributed by atoms with Gasteiger partial charge in [-0.25, -0.2) is 14.2 Å². The largest absolute Gasteiger partial charge is 0.478 e. The van der Waals surface area contributed by atoms with Crippen LogP contribution in [-0.2, 0) is 16.9 Å². The molecule has 0 aliphatic heterocycles. The van der Waals surface area contributed by atoms with Crippen LogP contribution in [0.2, 0.25) is 10.0 Å². The average Bonchev–Trinajstić information content (AvgIpc) is 3.45. The summed E-state index contributed by atoms with van der Waals surface area (Å²) in [6.45, 7) is 0.222. The quantitative estimate of drug-likeness (QED) is 0.248. The molecule has 38 heavy (non-hydrogen) atoms. The fourth-order valence-corrected chi connectivity index (χ4v) is 6.70. The van der Waals surface area contributed by atoms with Crippen molar-refractivity contribution in [1.82, 2.24) is 15.1 Å². The lowest BCUT2D eigenvalue weighted by atomic mass is 9.83. The summed E-state index contributed by atoms with van der Waals surface area (Å²) in [6, 6.07) is 2.33. The summed E-state index contributed by atoms with van der Waals surface area (Å²) in [4.78, 5) is 20.0. The predicted molar refractivity (Wildman–Crippen MR) is 139 cm³/mol. The molecule has 12 heteroatoms. The first-order valence-corrected chi connectivity index (χ1v) is 13.8. The summed E-state index contributed by atoms with van der Waals surface area (Å²) in [5, 5.41) is 25.7. The zero-order valence-electron chi connectivity index (χ0n) is 19.9. The van der Waals surface area contributed by atoms with Crippen LogP contribution in [0.1, 0.15) is 71.1 Å². The number of ether oxygens (including phenoxy) is 1. The lowest BCUT2D eigenvalue weighted by Gasteiger charge is -2.34. The Morgan fingerprint density at radius 1 is 1.21 bits per heavy atom. The molecular formula is C26H22Cl2FN3O5S. The highest BCUT2D eigenvalue weighted by molar-refractivity contribution is 7.18. The van der Waals surface area contributed by atoms with E-state index in [0.717, 1.165) is 35.9 Å². The van der Waals surface area contributed by atoms with E-state index in [2.05, 4.69) is 15.1 Å². The van der Waals surface area contributed by atoms with Crippen molar-refractivity contribution in [3.8, 4) is 11.3 Å². The van der Waals surface area contributed by atoms with Crippen molar-refractivity contribution in [1.29, 1.82) is 0 Å². The lowest BCUT2D eigenvalue weighted by Crippen LogP contribution is -2.34. The second-order valence-electron chi connectivity index (χ2n) is 9.81. The first-order valence-electron chi connectivity index (χ1n) is 12.2. The summed E-state index contributed by atoms with van der Waals surface area (Å²) in [5.74, 6) is -1.14. The van der Waals surface area contributed by atoms with E-state index in [1.54, 1.807) is 12.4 Å². The SMILES string of the molecule is O=C(O)c1cc(F)c2nc(C3(O)CCC(OCc4cnoc4-c4c(Cl)cnc(C5CC5)c4Cl)CC3)sc2c1. The third-order valence-corrected chi connectivity index (χ3v) is 9.03. The lowest BCUT2D eigenvalue weighted by molar-refractivity contribution is -0.0639. The molecule has 3 aromatic heterocycles. The number of nitrogens with zero attached hydrogens (tertiary/aromatic N) is 3. The molecule has 0 bridgehead atoms. The number of hydrogen-bond donors (Lipinski definition) is 2. The molecule has 198 valence electrons. The zero-order valence-corrected chi connectivity index (χ0v) is 22.2. The van der Waals surface area contributed by atoms with Gasteiger partial charge in [0.15, 0.2) is 11.6 Å². The van der Waals surface area contributed by atoms with Crippen molar-refractivity contribution in [3.05, 3.63) is 62.2 Å². The number of carboxylic acid groups (broad SMARTS) is 1. The molecule has 2 saturated carbocycles. The van der Waals surface area contributed by atoms with E-state index in [1.165, 1.54) is 6.07 Å². The molecule has 1 aromatic carbocycles. The Kier molecular flexibility index (Phi) is 6.64. The molecular weight excluding hydrogens is 556 g/mol. The number of aromatic nitrogens is 3. The Morgan fingerprint density at radius 2 is 1.97 bits per heavy atom. The van der Waals surface area contributed by atoms with Gasteiger partial charge in [0.1, 0.15) is 16.1 Å². The summed E-state index contributed by atoms with van der Waals surface area (Å²) in [6.07, 6.45) is 6.97. The van der Waals surface area contributed by atoms with Crippen molar-refractivity contribution in [2.45, 2.75) is 62.8 Å². The van der Waals surface area contributed by atoms with Gasteiger partial charge in [-0.1, -0.05) is 28.4 Å². The van der Waals surface area contributed by atoms with Gasteiger partial charge in [0.25, 0.3) is 0 Å². The van der Waals surface area contributed by atoms with E-state index in [0.29, 0.717) is 68.2 Å². The number of aliphatic hydroxyl groups is 1. The maximum absolute atomic E-state index is 14.4. The van der Waals surface area contributed by atoms with Crippen LogP contribution in [0.3, 0.4) is 0 Å². The number of carboxylic acids is 1. The predicted octanol–water partition coefficient (Wildman–Crippen LogP) is 6.71. The maximum atomic E-state index is 14.4. The van der Waals surface area contributed by atoms with Crippen molar-refractivity contribution in [2.75, 3.05) is 0 Å². The smallest absolute Gasteiger partial charge is 0.335 e. The molecule has 8 nitrogen and oxygen atoms in total. The van der Waals surface area contributed by atoms with E-state index >= 15 is 0 Å². The molecule has 4 aromatic rings. The normalized spacial score (nSPS) is 21.7. The van der Waals surface area contributed by atoms with Crippen LogP contribution >= 0.6 is 34.5 Å². The highest BCUT2D eigenvalue weighted by atomic mass is 35.5.